The molecule has 0 saturated carbocycles. The Morgan fingerprint density at radius 2 is 2.00 bits per heavy atom. The van der Waals surface area contributed by atoms with Gasteiger partial charge in [0.2, 0.25) is 11.0 Å². The Labute approximate surface area is 173 Å². The van der Waals surface area contributed by atoms with Gasteiger partial charge in [-0.05, 0) is 48.6 Å². The van der Waals surface area contributed by atoms with Crippen LogP contribution in [-0.4, -0.2) is 28.4 Å². The molecule has 5 nitrogen and oxygen atoms in total. The minimum Gasteiger partial charge on any atom is -0.330 e. The average molecular weight is 411 g/mol. The van der Waals surface area contributed by atoms with E-state index in [2.05, 4.69) is 40.6 Å². The minimum atomic E-state index is 0.122. The highest BCUT2D eigenvalue weighted by Crippen LogP contribution is 2.30. The third-order valence-electron chi connectivity index (χ3n) is 4.75. The first-order valence-electron chi connectivity index (χ1n) is 9.43. The molecule has 1 amide bonds. The van der Waals surface area contributed by atoms with E-state index >= 15 is 0 Å². The number of nitrogens with zero attached hydrogens (tertiary/aromatic N) is 3. The van der Waals surface area contributed by atoms with Crippen molar-refractivity contribution < 1.29 is 4.79 Å². The number of hydrogen-bond acceptors (Lipinski definition) is 6. The SMILES string of the molecule is CCc1ccc(Nc2nnc(SCC(=O)N3CCCc4ccccc43)s2)cc1. The summed E-state index contributed by atoms with van der Waals surface area (Å²) in [5.74, 6) is 0.491. The van der Waals surface area contributed by atoms with Crippen molar-refractivity contribution in [3.05, 3.63) is 59.7 Å². The normalized spacial score (nSPS) is 13.2. The molecule has 2 aromatic carbocycles. The molecule has 2 heterocycles. The largest absolute Gasteiger partial charge is 0.330 e. The number of anilines is 3. The Morgan fingerprint density at radius 1 is 1.18 bits per heavy atom. The van der Waals surface area contributed by atoms with Gasteiger partial charge in [-0.2, -0.15) is 0 Å². The van der Waals surface area contributed by atoms with Crippen LogP contribution >= 0.6 is 23.1 Å². The van der Waals surface area contributed by atoms with Gasteiger partial charge < -0.3 is 10.2 Å². The fourth-order valence-corrected chi connectivity index (χ4v) is 4.91. The lowest BCUT2D eigenvalue weighted by molar-refractivity contribution is -0.116. The Kier molecular flexibility index (Phi) is 5.92. The number of fused-ring (bicyclic) bond motifs is 1. The minimum absolute atomic E-state index is 0.122. The smallest absolute Gasteiger partial charge is 0.237 e. The number of aryl methyl sites for hydroxylation is 2. The van der Waals surface area contributed by atoms with Gasteiger partial charge in [0.15, 0.2) is 4.34 Å². The molecule has 7 heteroatoms. The lowest BCUT2D eigenvalue weighted by atomic mass is 10.0. The Morgan fingerprint density at radius 3 is 2.82 bits per heavy atom. The lowest BCUT2D eigenvalue weighted by Gasteiger charge is -2.29. The van der Waals surface area contributed by atoms with Crippen LogP contribution in [0.3, 0.4) is 0 Å². The predicted molar refractivity (Wildman–Crippen MR) is 117 cm³/mol. The van der Waals surface area contributed by atoms with E-state index in [-0.39, 0.29) is 5.91 Å². The van der Waals surface area contributed by atoms with E-state index in [1.165, 1.54) is 34.2 Å². The van der Waals surface area contributed by atoms with E-state index in [1.807, 2.05) is 35.2 Å². The van der Waals surface area contributed by atoms with Gasteiger partial charge in [-0.15, -0.1) is 10.2 Å². The zero-order valence-electron chi connectivity index (χ0n) is 15.7. The van der Waals surface area contributed by atoms with Crippen LogP contribution in [-0.2, 0) is 17.6 Å². The first-order valence-corrected chi connectivity index (χ1v) is 11.2. The molecular weight excluding hydrogens is 388 g/mol. The van der Waals surface area contributed by atoms with Crippen LogP contribution in [0.5, 0.6) is 0 Å². The molecule has 1 aliphatic heterocycles. The maximum atomic E-state index is 12.7. The quantitative estimate of drug-likeness (QED) is 0.585. The molecule has 1 N–H and O–H groups in total. The van der Waals surface area contributed by atoms with Crippen molar-refractivity contribution in [3.8, 4) is 0 Å². The second-order valence-electron chi connectivity index (χ2n) is 6.61. The highest BCUT2D eigenvalue weighted by Gasteiger charge is 2.22. The molecule has 0 radical (unpaired) electrons. The summed E-state index contributed by atoms with van der Waals surface area (Å²) in [6, 6.07) is 16.5. The molecule has 0 aliphatic carbocycles. The molecule has 0 fully saturated rings. The second-order valence-corrected chi connectivity index (χ2v) is 8.81. The van der Waals surface area contributed by atoms with Gasteiger partial charge in [-0.25, -0.2) is 0 Å². The molecular formula is C21H22N4OS2. The van der Waals surface area contributed by atoms with Gasteiger partial charge in [0.1, 0.15) is 0 Å². The van der Waals surface area contributed by atoms with E-state index in [4.69, 9.17) is 0 Å². The van der Waals surface area contributed by atoms with E-state index in [1.54, 1.807) is 0 Å². The molecule has 144 valence electrons. The van der Waals surface area contributed by atoms with Crippen LogP contribution in [0.2, 0.25) is 0 Å². The maximum Gasteiger partial charge on any atom is 0.237 e. The van der Waals surface area contributed by atoms with Gasteiger partial charge in [0.25, 0.3) is 0 Å². The average Bonchev–Trinajstić information content (AvgIpc) is 3.19. The molecule has 3 aromatic rings. The number of aromatic nitrogens is 2. The number of carbonyl (C=O) groups excluding carboxylic acids is 1. The zero-order chi connectivity index (χ0) is 19.3. The molecule has 0 atom stereocenters. The third-order valence-corrected chi connectivity index (χ3v) is 6.71. The number of amides is 1. The van der Waals surface area contributed by atoms with E-state index in [0.29, 0.717) is 5.75 Å². The number of hydrogen-bond donors (Lipinski definition) is 1. The summed E-state index contributed by atoms with van der Waals surface area (Å²) in [7, 11) is 0. The first kappa shape index (κ1) is 19.0. The van der Waals surface area contributed by atoms with Crippen molar-refractivity contribution in [2.45, 2.75) is 30.5 Å². The second kappa shape index (κ2) is 8.75. The number of thioether (sulfide) groups is 1. The summed E-state index contributed by atoms with van der Waals surface area (Å²) in [5.41, 5.74) is 4.60. The molecule has 1 aromatic heterocycles. The highest BCUT2D eigenvalue weighted by molar-refractivity contribution is 8.01. The van der Waals surface area contributed by atoms with Gasteiger partial charge in [-0.3, -0.25) is 4.79 Å². The van der Waals surface area contributed by atoms with Crippen LogP contribution in [0.4, 0.5) is 16.5 Å². The van der Waals surface area contributed by atoms with Crippen molar-refractivity contribution in [3.63, 3.8) is 0 Å². The molecule has 0 unspecified atom stereocenters. The number of nitrogens with one attached hydrogen (secondary N) is 1. The fraction of sp³-hybridized carbons (Fsp3) is 0.286. The predicted octanol–water partition coefficient (Wildman–Crippen LogP) is 4.92. The summed E-state index contributed by atoms with van der Waals surface area (Å²) >= 11 is 2.92. The standard InChI is InChI=1S/C21H22N4OS2/c1-2-15-9-11-17(12-10-15)22-20-23-24-21(28-20)27-14-19(26)25-13-5-7-16-6-3-4-8-18(16)25/h3-4,6,8-12H,2,5,7,13-14H2,1H3,(H,22,23). The molecule has 0 bridgehead atoms. The Bertz CT molecular complexity index is 955. The van der Waals surface area contributed by atoms with Gasteiger partial charge in [0, 0.05) is 17.9 Å². The Balaban J connectivity index is 1.35. The summed E-state index contributed by atoms with van der Waals surface area (Å²) in [6.07, 6.45) is 3.07. The monoisotopic (exact) mass is 410 g/mol. The molecule has 0 saturated heterocycles. The van der Waals surface area contributed by atoms with Crippen LogP contribution in [0.15, 0.2) is 52.9 Å². The van der Waals surface area contributed by atoms with Crippen LogP contribution in [0.1, 0.15) is 24.5 Å². The summed E-state index contributed by atoms with van der Waals surface area (Å²) in [4.78, 5) is 14.6. The van der Waals surface area contributed by atoms with Gasteiger partial charge in [-0.1, -0.05) is 60.4 Å². The van der Waals surface area contributed by atoms with Crippen LogP contribution < -0.4 is 10.2 Å². The van der Waals surface area contributed by atoms with E-state index in [9.17, 15) is 4.79 Å². The highest BCUT2D eigenvalue weighted by atomic mass is 32.2. The molecule has 0 spiro atoms. The van der Waals surface area contributed by atoms with E-state index in [0.717, 1.165) is 46.7 Å². The number of para-hydroxylation sites is 1. The summed E-state index contributed by atoms with van der Waals surface area (Å²) in [5, 5.41) is 12.4. The first-order chi connectivity index (χ1) is 13.7. The van der Waals surface area contributed by atoms with Crippen molar-refractivity contribution in [1.29, 1.82) is 0 Å². The van der Waals surface area contributed by atoms with Crippen LogP contribution in [0.25, 0.3) is 0 Å². The Hall–Kier alpha value is -2.38. The van der Waals surface area contributed by atoms with Crippen molar-refractivity contribution in [2.24, 2.45) is 0 Å². The third kappa shape index (κ3) is 4.36. The van der Waals surface area contributed by atoms with Crippen molar-refractivity contribution >= 4 is 45.5 Å². The topological polar surface area (TPSA) is 58.1 Å². The van der Waals surface area contributed by atoms with Crippen molar-refractivity contribution in [1.82, 2.24) is 10.2 Å². The van der Waals surface area contributed by atoms with Crippen LogP contribution in [0, 0.1) is 0 Å². The zero-order valence-corrected chi connectivity index (χ0v) is 17.4. The fourth-order valence-electron chi connectivity index (χ4n) is 3.26. The van der Waals surface area contributed by atoms with Gasteiger partial charge in [0.05, 0.1) is 5.75 Å². The lowest BCUT2D eigenvalue weighted by Crippen LogP contribution is -2.36. The molecule has 4 rings (SSSR count). The molecule has 28 heavy (non-hydrogen) atoms. The van der Waals surface area contributed by atoms with Gasteiger partial charge >= 0.3 is 0 Å². The number of carbonyl (C=O) groups is 1. The number of rotatable bonds is 6. The summed E-state index contributed by atoms with van der Waals surface area (Å²) in [6.45, 7) is 2.92. The number of benzene rings is 2. The molecule has 1 aliphatic rings. The van der Waals surface area contributed by atoms with Crippen molar-refractivity contribution in [2.75, 3.05) is 22.5 Å². The van der Waals surface area contributed by atoms with E-state index < -0.39 is 0 Å². The summed E-state index contributed by atoms with van der Waals surface area (Å²) < 4.78 is 0.798. The maximum absolute atomic E-state index is 12.7.